The molecule has 5 nitrogen and oxygen atoms in total. The van der Waals surface area contributed by atoms with E-state index in [2.05, 4.69) is 26.0 Å². The molecule has 1 atom stereocenters. The predicted octanol–water partition coefficient (Wildman–Crippen LogP) is 11.0. The number of esters is 2. The van der Waals surface area contributed by atoms with Gasteiger partial charge in [-0.05, 0) is 38.5 Å². The van der Waals surface area contributed by atoms with Gasteiger partial charge in [0.1, 0.15) is 6.61 Å². The lowest BCUT2D eigenvalue weighted by Gasteiger charge is -2.15. The molecule has 0 aliphatic carbocycles. The van der Waals surface area contributed by atoms with Crippen LogP contribution in [0.25, 0.3) is 0 Å². The molecule has 0 radical (unpaired) electrons. The number of allylic oxidation sites excluding steroid dienone is 2. The average Bonchev–Trinajstić information content (AvgIpc) is 2.99. The van der Waals surface area contributed by atoms with E-state index >= 15 is 0 Å². The molecule has 0 spiro atoms. The number of carbonyl (C=O) groups excluding carboxylic acids is 2. The highest BCUT2D eigenvalue weighted by Gasteiger charge is 2.16. The summed E-state index contributed by atoms with van der Waals surface area (Å²) in [6.07, 6.45) is 36.9. The zero-order valence-corrected chi connectivity index (χ0v) is 28.0. The molecule has 1 unspecified atom stereocenters. The summed E-state index contributed by atoms with van der Waals surface area (Å²) in [5.41, 5.74) is 0. The van der Waals surface area contributed by atoms with Crippen LogP contribution in [0.2, 0.25) is 0 Å². The van der Waals surface area contributed by atoms with Crippen molar-refractivity contribution in [3.8, 4) is 0 Å². The molecule has 0 saturated heterocycles. The van der Waals surface area contributed by atoms with Crippen LogP contribution >= 0.6 is 0 Å². The third-order valence-corrected chi connectivity index (χ3v) is 8.06. The van der Waals surface area contributed by atoms with Crippen molar-refractivity contribution >= 4 is 11.9 Å². The predicted molar refractivity (Wildman–Crippen MR) is 178 cm³/mol. The van der Waals surface area contributed by atoms with Gasteiger partial charge in [0.2, 0.25) is 0 Å². The van der Waals surface area contributed by atoms with Gasteiger partial charge in [0.05, 0.1) is 6.61 Å². The van der Waals surface area contributed by atoms with Crippen LogP contribution < -0.4 is 0 Å². The standard InChI is InChI=1S/C37H70O5/c1-3-5-7-9-11-13-15-17-18-20-21-23-25-27-29-31-36(39)41-34-35(33-38)42-37(40)32-30-28-26-24-22-19-16-14-12-10-8-6-4-2/h14,16,35,38H,3-13,15,17-34H2,1-2H3. The zero-order chi connectivity index (χ0) is 30.8. The lowest BCUT2D eigenvalue weighted by atomic mass is 10.0. The van der Waals surface area contributed by atoms with Crippen LogP contribution in [0.15, 0.2) is 12.2 Å². The van der Waals surface area contributed by atoms with Crippen molar-refractivity contribution in [2.45, 2.75) is 200 Å². The van der Waals surface area contributed by atoms with E-state index < -0.39 is 6.10 Å². The second-order valence-corrected chi connectivity index (χ2v) is 12.3. The number of ether oxygens (including phenoxy) is 2. The van der Waals surface area contributed by atoms with Crippen LogP contribution in [-0.4, -0.2) is 36.4 Å². The summed E-state index contributed by atoms with van der Waals surface area (Å²) in [5, 5.41) is 9.51. The van der Waals surface area contributed by atoms with Gasteiger partial charge in [0.25, 0.3) is 0 Å². The molecule has 0 rings (SSSR count). The Morgan fingerprint density at radius 1 is 0.524 bits per heavy atom. The molecule has 42 heavy (non-hydrogen) atoms. The number of unbranched alkanes of at least 4 members (excludes halogenated alkanes) is 23. The van der Waals surface area contributed by atoms with Crippen LogP contribution in [0.4, 0.5) is 0 Å². The molecule has 0 aliphatic rings. The molecule has 0 aromatic heterocycles. The first-order valence-electron chi connectivity index (χ1n) is 18.2. The minimum absolute atomic E-state index is 0.0636. The summed E-state index contributed by atoms with van der Waals surface area (Å²) in [5.74, 6) is -0.593. The fraction of sp³-hybridized carbons (Fsp3) is 0.892. The summed E-state index contributed by atoms with van der Waals surface area (Å²) in [6.45, 7) is 4.12. The Kier molecular flexibility index (Phi) is 33.0. The zero-order valence-electron chi connectivity index (χ0n) is 28.0. The van der Waals surface area contributed by atoms with Gasteiger partial charge in [0, 0.05) is 12.8 Å². The average molecular weight is 595 g/mol. The van der Waals surface area contributed by atoms with E-state index in [9.17, 15) is 14.7 Å². The number of aliphatic hydroxyl groups is 1. The number of hydrogen-bond acceptors (Lipinski definition) is 5. The van der Waals surface area contributed by atoms with Crippen LogP contribution in [0, 0.1) is 0 Å². The van der Waals surface area contributed by atoms with Crippen molar-refractivity contribution in [3.05, 3.63) is 12.2 Å². The van der Waals surface area contributed by atoms with Crippen molar-refractivity contribution < 1.29 is 24.2 Å². The number of carbonyl (C=O) groups is 2. The number of aliphatic hydroxyl groups excluding tert-OH is 1. The maximum Gasteiger partial charge on any atom is 0.306 e. The monoisotopic (exact) mass is 595 g/mol. The highest BCUT2D eigenvalue weighted by atomic mass is 16.6. The highest BCUT2D eigenvalue weighted by molar-refractivity contribution is 5.70. The fourth-order valence-electron chi connectivity index (χ4n) is 5.25. The van der Waals surface area contributed by atoms with Crippen molar-refractivity contribution in [3.63, 3.8) is 0 Å². The quantitative estimate of drug-likeness (QED) is 0.0465. The summed E-state index contributed by atoms with van der Waals surface area (Å²) in [4.78, 5) is 24.1. The third kappa shape index (κ3) is 31.6. The second-order valence-electron chi connectivity index (χ2n) is 12.3. The molecule has 0 aromatic carbocycles. The Morgan fingerprint density at radius 3 is 1.31 bits per heavy atom. The topological polar surface area (TPSA) is 72.8 Å². The lowest BCUT2D eigenvalue weighted by molar-refractivity contribution is -0.161. The van der Waals surface area contributed by atoms with E-state index in [1.165, 1.54) is 122 Å². The van der Waals surface area contributed by atoms with E-state index in [0.29, 0.717) is 12.8 Å². The molecule has 0 aromatic rings. The van der Waals surface area contributed by atoms with E-state index in [1.807, 2.05) is 0 Å². The molecule has 0 saturated carbocycles. The first kappa shape index (κ1) is 40.6. The van der Waals surface area contributed by atoms with Gasteiger partial charge >= 0.3 is 11.9 Å². The van der Waals surface area contributed by atoms with Gasteiger partial charge in [-0.1, -0.05) is 154 Å². The van der Waals surface area contributed by atoms with Crippen molar-refractivity contribution in [2.24, 2.45) is 0 Å². The molecule has 0 amide bonds. The Morgan fingerprint density at radius 2 is 0.881 bits per heavy atom. The van der Waals surface area contributed by atoms with Crippen LogP contribution in [0.5, 0.6) is 0 Å². The van der Waals surface area contributed by atoms with Crippen molar-refractivity contribution in [1.29, 1.82) is 0 Å². The third-order valence-electron chi connectivity index (χ3n) is 8.06. The number of rotatable bonds is 33. The van der Waals surface area contributed by atoms with E-state index in [1.54, 1.807) is 0 Å². The largest absolute Gasteiger partial charge is 0.462 e. The van der Waals surface area contributed by atoms with Crippen molar-refractivity contribution in [2.75, 3.05) is 13.2 Å². The first-order valence-corrected chi connectivity index (χ1v) is 18.2. The minimum Gasteiger partial charge on any atom is -0.462 e. The Hall–Kier alpha value is -1.36. The van der Waals surface area contributed by atoms with Crippen molar-refractivity contribution in [1.82, 2.24) is 0 Å². The van der Waals surface area contributed by atoms with Crippen LogP contribution in [0.1, 0.15) is 194 Å². The first-order chi connectivity index (χ1) is 20.6. The van der Waals surface area contributed by atoms with Crippen LogP contribution in [-0.2, 0) is 19.1 Å². The van der Waals surface area contributed by atoms with E-state index in [-0.39, 0.29) is 25.2 Å². The summed E-state index contributed by atoms with van der Waals surface area (Å²) in [7, 11) is 0. The van der Waals surface area contributed by atoms with Gasteiger partial charge in [-0.2, -0.15) is 0 Å². The Labute approximate surface area is 261 Å². The molecule has 0 aliphatic heterocycles. The Bertz CT molecular complexity index is 603. The molecule has 0 heterocycles. The molecule has 5 heteroatoms. The smallest absolute Gasteiger partial charge is 0.306 e. The minimum atomic E-state index is -0.767. The summed E-state index contributed by atoms with van der Waals surface area (Å²) in [6, 6.07) is 0. The highest BCUT2D eigenvalue weighted by Crippen LogP contribution is 2.14. The SMILES string of the molecule is CCCCCCC=CCCCCCCCC(=O)OC(CO)COC(=O)CCCCCCCCCCCCCCCCC. The van der Waals surface area contributed by atoms with Gasteiger partial charge in [-0.25, -0.2) is 0 Å². The fourth-order valence-corrected chi connectivity index (χ4v) is 5.25. The summed E-state index contributed by atoms with van der Waals surface area (Å²) >= 11 is 0. The molecule has 0 bridgehead atoms. The van der Waals surface area contributed by atoms with Crippen LogP contribution in [0.3, 0.4) is 0 Å². The maximum absolute atomic E-state index is 12.1. The van der Waals surface area contributed by atoms with Gasteiger partial charge in [-0.15, -0.1) is 0 Å². The number of hydrogen-bond donors (Lipinski definition) is 1. The molecule has 248 valence electrons. The molecule has 0 fully saturated rings. The Balaban J connectivity index is 3.54. The van der Waals surface area contributed by atoms with E-state index in [4.69, 9.17) is 9.47 Å². The van der Waals surface area contributed by atoms with E-state index in [0.717, 1.165) is 44.9 Å². The lowest BCUT2D eigenvalue weighted by Crippen LogP contribution is -2.28. The normalized spacial score (nSPS) is 12.2. The molecular formula is C37H70O5. The maximum atomic E-state index is 12.1. The van der Waals surface area contributed by atoms with Gasteiger partial charge in [-0.3, -0.25) is 9.59 Å². The van der Waals surface area contributed by atoms with Gasteiger partial charge < -0.3 is 14.6 Å². The second kappa shape index (κ2) is 34.1. The molecule has 1 N–H and O–H groups in total. The molecular weight excluding hydrogens is 524 g/mol. The summed E-state index contributed by atoms with van der Waals surface area (Å²) < 4.78 is 10.6. The van der Waals surface area contributed by atoms with Gasteiger partial charge in [0.15, 0.2) is 6.10 Å².